The smallest absolute Gasteiger partial charge is 0.311 e. The second-order valence-electron chi connectivity index (χ2n) is 11.6. The first-order chi connectivity index (χ1) is 13.9. The first-order valence-electron chi connectivity index (χ1n) is 11.3. The van der Waals surface area contributed by atoms with Crippen LogP contribution in [0.15, 0.2) is 0 Å². The first-order valence-corrected chi connectivity index (χ1v) is 11.7. The van der Waals surface area contributed by atoms with Crippen LogP contribution in [0, 0.1) is 45.3 Å². The Labute approximate surface area is 183 Å². The number of hydrogen-bond acceptors (Lipinski definition) is 5. The minimum Gasteiger partial charge on any atom is -0.469 e. The molecule has 1 unspecified atom stereocenters. The molecule has 0 aromatic carbocycles. The number of carbonyl (C=O) groups excluding carboxylic acids is 2. The number of hydrogen-bond donors (Lipinski definition) is 0. The monoisotopic (exact) mass is 433 g/mol. The van der Waals surface area contributed by atoms with Gasteiger partial charge in [0.1, 0.15) is 10.5 Å². The number of carbonyl (C=O) groups is 2. The molecule has 5 saturated carbocycles. The summed E-state index contributed by atoms with van der Waals surface area (Å²) < 4.78 is 11.4. The average Bonchev–Trinajstić information content (AvgIpc) is 3.28. The van der Waals surface area contributed by atoms with Crippen LogP contribution >= 0.6 is 11.6 Å². The fourth-order valence-electron chi connectivity index (χ4n) is 9.09. The molecule has 1 heterocycles. The van der Waals surface area contributed by atoms with Crippen LogP contribution in [-0.2, 0) is 19.1 Å². The van der Waals surface area contributed by atoms with Crippen LogP contribution in [0.4, 0.5) is 0 Å². The highest BCUT2D eigenvalue weighted by molar-refractivity contribution is 6.29. The third-order valence-electron chi connectivity index (χ3n) is 10.4. The zero-order valence-corrected chi connectivity index (χ0v) is 19.4. The van der Waals surface area contributed by atoms with E-state index in [1.54, 1.807) is 0 Å². The molecule has 1 aliphatic heterocycles. The maximum absolute atomic E-state index is 14.2. The summed E-state index contributed by atoms with van der Waals surface area (Å²) in [5, 5.41) is 10.2. The Hall–Kier alpha value is -1.12. The highest BCUT2D eigenvalue weighted by Crippen LogP contribution is 2.79. The molecule has 5 aliphatic carbocycles. The summed E-state index contributed by atoms with van der Waals surface area (Å²) in [5.74, 6) is -0.0260. The van der Waals surface area contributed by atoms with Crippen LogP contribution in [0.2, 0.25) is 0 Å². The molecule has 6 rings (SSSR count). The van der Waals surface area contributed by atoms with E-state index in [0.717, 1.165) is 25.7 Å². The van der Waals surface area contributed by atoms with Crippen LogP contribution in [-0.4, -0.2) is 34.9 Å². The summed E-state index contributed by atoms with van der Waals surface area (Å²) in [5.41, 5.74) is -2.98. The number of fused-ring (bicyclic) bond motifs is 2. The van der Waals surface area contributed by atoms with Gasteiger partial charge in [0, 0.05) is 5.92 Å². The molecule has 30 heavy (non-hydrogen) atoms. The van der Waals surface area contributed by atoms with Crippen molar-refractivity contribution in [3.63, 3.8) is 0 Å². The zero-order chi connectivity index (χ0) is 22.0. The van der Waals surface area contributed by atoms with Gasteiger partial charge in [-0.2, -0.15) is 5.26 Å². The van der Waals surface area contributed by atoms with Gasteiger partial charge in [-0.05, 0) is 76.5 Å². The predicted octanol–water partition coefficient (Wildman–Crippen LogP) is 4.41. The molecule has 8 atom stereocenters. The number of ether oxygens (including phenoxy) is 2. The van der Waals surface area contributed by atoms with E-state index in [1.165, 1.54) is 7.11 Å². The van der Waals surface area contributed by atoms with Crippen LogP contribution in [0.3, 0.4) is 0 Å². The van der Waals surface area contributed by atoms with Crippen LogP contribution < -0.4 is 0 Å². The molecule has 6 aliphatic rings. The summed E-state index contributed by atoms with van der Waals surface area (Å²) in [4.78, 5) is 25.9. The normalized spacial score (nSPS) is 55.4. The van der Waals surface area contributed by atoms with Crippen molar-refractivity contribution in [3.05, 3.63) is 0 Å². The lowest BCUT2D eigenvalue weighted by atomic mass is 9.33. The van der Waals surface area contributed by atoms with Crippen molar-refractivity contribution in [2.24, 2.45) is 34.0 Å². The molecule has 0 radical (unpaired) electrons. The summed E-state index contributed by atoms with van der Waals surface area (Å²) in [6, 6.07) is 2.39. The van der Waals surface area contributed by atoms with E-state index in [9.17, 15) is 14.9 Å². The molecule has 5 nitrogen and oxygen atoms in total. The molecule has 0 aromatic rings. The molecule has 6 fully saturated rings. The van der Waals surface area contributed by atoms with Gasteiger partial charge in [-0.1, -0.05) is 13.3 Å². The summed E-state index contributed by atoms with van der Waals surface area (Å²) in [6.45, 7) is 8.26. The molecule has 0 aromatic heterocycles. The number of epoxide rings is 1. The van der Waals surface area contributed by atoms with Gasteiger partial charge in [-0.3, -0.25) is 9.59 Å². The molecule has 1 saturated heterocycles. The van der Waals surface area contributed by atoms with Crippen molar-refractivity contribution >= 4 is 23.4 Å². The third kappa shape index (κ3) is 1.92. The molecule has 164 valence electrons. The van der Waals surface area contributed by atoms with Crippen molar-refractivity contribution < 1.29 is 19.1 Å². The summed E-state index contributed by atoms with van der Waals surface area (Å²) >= 11 is 7.09. The Morgan fingerprint density at radius 1 is 1.20 bits per heavy atom. The Bertz CT molecular complexity index is 896. The van der Waals surface area contributed by atoms with Crippen molar-refractivity contribution in [2.45, 2.75) is 88.7 Å². The molecule has 2 spiro atoms. The SMILES string of the molecule is COC(=O)[C@]1(C)CCC[C@@]2(C)[C@H]1CC[C@]13C(=O)C4(OC4(C)C)[C@H](C[C@H]21)C[C@]3(Cl)C#N. The van der Waals surface area contributed by atoms with E-state index in [-0.39, 0.29) is 34.9 Å². The summed E-state index contributed by atoms with van der Waals surface area (Å²) in [6.07, 6.45) is 5.28. The molecule has 2 bridgehead atoms. The van der Waals surface area contributed by atoms with E-state index in [1.807, 2.05) is 20.8 Å². The standard InChI is InChI=1S/C24H32ClNO4/c1-19(2)24(30-19)14-11-16-20(3)8-6-9-21(4,18(28)29-5)15(20)7-10-23(16,17(24)27)22(25,12-14)13-26/h14-16H,6-12H2,1-5H3/t14-,15-,16-,20+,21-,22+,23-,24?/m1/s1. The number of nitriles is 1. The summed E-state index contributed by atoms with van der Waals surface area (Å²) in [7, 11) is 1.46. The quantitative estimate of drug-likeness (QED) is 0.347. The Morgan fingerprint density at radius 3 is 2.43 bits per heavy atom. The van der Waals surface area contributed by atoms with Crippen molar-refractivity contribution in [1.82, 2.24) is 0 Å². The van der Waals surface area contributed by atoms with Gasteiger partial charge in [0.25, 0.3) is 0 Å². The topological polar surface area (TPSA) is 79.7 Å². The second-order valence-corrected chi connectivity index (χ2v) is 12.3. The van der Waals surface area contributed by atoms with Gasteiger partial charge in [-0.25, -0.2) is 0 Å². The van der Waals surface area contributed by atoms with Crippen molar-refractivity contribution in [2.75, 3.05) is 7.11 Å². The lowest BCUT2D eigenvalue weighted by Gasteiger charge is -2.70. The van der Waals surface area contributed by atoms with Crippen LogP contribution in [0.1, 0.15) is 72.6 Å². The van der Waals surface area contributed by atoms with E-state index >= 15 is 0 Å². The Morgan fingerprint density at radius 2 is 1.87 bits per heavy atom. The van der Waals surface area contributed by atoms with Crippen LogP contribution in [0.25, 0.3) is 0 Å². The highest BCUT2D eigenvalue weighted by atomic mass is 35.5. The van der Waals surface area contributed by atoms with Gasteiger partial charge >= 0.3 is 5.97 Å². The maximum Gasteiger partial charge on any atom is 0.311 e. The number of halogens is 1. The minimum atomic E-state index is -1.20. The lowest BCUT2D eigenvalue weighted by Crippen LogP contribution is -2.75. The maximum atomic E-state index is 14.2. The lowest BCUT2D eigenvalue weighted by molar-refractivity contribution is -0.210. The van der Waals surface area contributed by atoms with E-state index < -0.39 is 26.9 Å². The van der Waals surface area contributed by atoms with Gasteiger partial charge in [0.15, 0.2) is 11.4 Å². The average molecular weight is 434 g/mol. The molecular weight excluding hydrogens is 402 g/mol. The van der Waals surface area contributed by atoms with Crippen molar-refractivity contribution in [3.8, 4) is 6.07 Å². The Kier molecular flexibility index (Phi) is 3.89. The van der Waals surface area contributed by atoms with Crippen LogP contribution in [0.5, 0.6) is 0 Å². The van der Waals surface area contributed by atoms with Gasteiger partial charge in [0.05, 0.1) is 24.0 Å². The van der Waals surface area contributed by atoms with E-state index in [4.69, 9.17) is 21.1 Å². The van der Waals surface area contributed by atoms with E-state index in [0.29, 0.717) is 19.3 Å². The number of esters is 1. The minimum absolute atomic E-state index is 0.0120. The second kappa shape index (κ2) is 5.62. The first kappa shape index (κ1) is 20.8. The number of nitrogens with zero attached hydrogens (tertiary/aromatic N) is 1. The molecule has 6 heteroatoms. The third-order valence-corrected chi connectivity index (χ3v) is 10.9. The van der Waals surface area contributed by atoms with Crippen molar-refractivity contribution in [1.29, 1.82) is 5.26 Å². The fourth-order valence-corrected chi connectivity index (χ4v) is 9.59. The number of alkyl halides is 1. The number of methoxy groups -OCH3 is 1. The molecular formula is C24H32ClNO4. The highest BCUT2D eigenvalue weighted by Gasteiger charge is 2.87. The fraction of sp³-hybridized carbons (Fsp3) is 0.875. The van der Waals surface area contributed by atoms with Gasteiger partial charge < -0.3 is 9.47 Å². The number of rotatable bonds is 1. The largest absolute Gasteiger partial charge is 0.469 e. The Balaban J connectivity index is 1.66. The number of Topliss-reactive ketones (excluding diaryl/α,β-unsaturated/α-hetero) is 1. The molecule has 0 amide bonds. The molecule has 0 N–H and O–H groups in total. The van der Waals surface area contributed by atoms with E-state index in [2.05, 4.69) is 13.0 Å². The zero-order valence-electron chi connectivity index (χ0n) is 18.6. The van der Waals surface area contributed by atoms with Gasteiger partial charge in [-0.15, -0.1) is 11.6 Å². The number of ketones is 1. The van der Waals surface area contributed by atoms with Gasteiger partial charge in [0.2, 0.25) is 0 Å². The predicted molar refractivity (Wildman–Crippen MR) is 111 cm³/mol.